The van der Waals surface area contributed by atoms with Crippen LogP contribution in [0.5, 0.6) is 11.6 Å². The highest BCUT2D eigenvalue weighted by Gasteiger charge is 2.11. The third-order valence-electron chi connectivity index (χ3n) is 4.58. The van der Waals surface area contributed by atoms with E-state index in [-0.39, 0.29) is 0 Å². The molecule has 0 atom stereocenters. The van der Waals surface area contributed by atoms with Gasteiger partial charge in [-0.1, -0.05) is 51.1 Å². The Morgan fingerprint density at radius 2 is 1.82 bits per heavy atom. The number of benzene rings is 2. The fourth-order valence-corrected chi connectivity index (χ4v) is 2.96. The van der Waals surface area contributed by atoms with Crippen LogP contribution >= 0.6 is 0 Å². The molecule has 0 unspecified atom stereocenters. The van der Waals surface area contributed by atoms with Crippen molar-refractivity contribution in [3.63, 3.8) is 0 Å². The lowest BCUT2D eigenvalue weighted by Gasteiger charge is -2.18. The minimum absolute atomic E-state index is 0.323. The molecular formula is C23H27N3O2. The largest absolute Gasteiger partial charge is 0.438 e. The Bertz CT molecular complexity index is 960. The quantitative estimate of drug-likeness (QED) is 0.588. The van der Waals surface area contributed by atoms with Crippen LogP contribution in [-0.4, -0.2) is 17.4 Å². The second-order valence-corrected chi connectivity index (χ2v) is 8.11. The third kappa shape index (κ3) is 5.08. The highest BCUT2D eigenvalue weighted by atomic mass is 16.5. The minimum Gasteiger partial charge on any atom is -0.438 e. The van der Waals surface area contributed by atoms with Crippen LogP contribution in [0.2, 0.25) is 0 Å². The van der Waals surface area contributed by atoms with Gasteiger partial charge in [0.1, 0.15) is 5.75 Å². The number of carbonyl (C=O) groups excluding carboxylic acids is 1. The van der Waals surface area contributed by atoms with E-state index < -0.39 is 5.91 Å². The Labute approximate surface area is 165 Å². The van der Waals surface area contributed by atoms with Crippen LogP contribution in [-0.2, 0) is 6.54 Å². The topological polar surface area (TPSA) is 77.2 Å². The lowest BCUT2D eigenvalue weighted by Crippen LogP contribution is -2.20. The van der Waals surface area contributed by atoms with E-state index in [0.717, 1.165) is 36.0 Å². The van der Waals surface area contributed by atoms with Gasteiger partial charge in [0.2, 0.25) is 11.8 Å². The van der Waals surface area contributed by atoms with E-state index in [2.05, 4.69) is 43.2 Å². The summed E-state index contributed by atoms with van der Waals surface area (Å²) in [5.41, 5.74) is 7.16. The maximum Gasteiger partial charge on any atom is 0.250 e. The number of carbonyl (C=O) groups is 1. The molecule has 0 aliphatic rings. The fraction of sp³-hybridized carbons (Fsp3) is 0.304. The first-order valence-electron chi connectivity index (χ1n) is 9.48. The van der Waals surface area contributed by atoms with Gasteiger partial charge in [-0.3, -0.25) is 4.79 Å². The number of aromatic nitrogens is 1. The molecule has 0 radical (unpaired) electrons. The van der Waals surface area contributed by atoms with Crippen LogP contribution in [0.4, 0.5) is 0 Å². The van der Waals surface area contributed by atoms with Gasteiger partial charge >= 0.3 is 0 Å². The number of amides is 1. The first-order valence-corrected chi connectivity index (χ1v) is 9.48. The van der Waals surface area contributed by atoms with Crippen molar-refractivity contribution in [2.75, 3.05) is 6.54 Å². The van der Waals surface area contributed by atoms with Gasteiger partial charge in [-0.25, -0.2) is 4.98 Å². The molecule has 0 spiro atoms. The zero-order valence-electron chi connectivity index (χ0n) is 16.7. The van der Waals surface area contributed by atoms with E-state index in [1.807, 2.05) is 24.3 Å². The zero-order chi connectivity index (χ0) is 20.1. The third-order valence-corrected chi connectivity index (χ3v) is 4.58. The van der Waals surface area contributed by atoms with Gasteiger partial charge < -0.3 is 15.8 Å². The summed E-state index contributed by atoms with van der Waals surface area (Å²) < 4.78 is 5.97. The molecule has 3 N–H and O–H groups in total. The predicted molar refractivity (Wildman–Crippen MR) is 113 cm³/mol. The molecule has 0 aliphatic carbocycles. The van der Waals surface area contributed by atoms with Crippen molar-refractivity contribution >= 4 is 16.7 Å². The number of hydrogen-bond acceptors (Lipinski definition) is 4. The molecular weight excluding hydrogens is 350 g/mol. The Morgan fingerprint density at radius 3 is 2.46 bits per heavy atom. The van der Waals surface area contributed by atoms with Crippen molar-refractivity contribution in [2.24, 2.45) is 11.1 Å². The standard InChI is InChI=1S/C23H27N3O2/c1-23(2,3)12-13-25-14-16-8-10-20(19-7-5-4-6-18(16)19)28-21-11-9-17(15-26-21)22(24)27/h4-11,15,25H,12-14H2,1-3H3,(H2,24,27). The van der Waals surface area contributed by atoms with E-state index in [1.165, 1.54) is 11.8 Å². The molecule has 1 heterocycles. The van der Waals surface area contributed by atoms with Crippen LogP contribution in [0.15, 0.2) is 54.7 Å². The summed E-state index contributed by atoms with van der Waals surface area (Å²) in [6.07, 6.45) is 2.55. The van der Waals surface area contributed by atoms with Crippen molar-refractivity contribution in [2.45, 2.75) is 33.7 Å². The second-order valence-electron chi connectivity index (χ2n) is 8.11. The van der Waals surface area contributed by atoms with E-state index >= 15 is 0 Å². The SMILES string of the molecule is CC(C)(C)CCNCc1ccc(Oc2ccc(C(N)=O)cn2)c2ccccc12. The average molecular weight is 377 g/mol. The molecule has 0 saturated heterocycles. The van der Waals surface area contributed by atoms with Gasteiger partial charge in [0.15, 0.2) is 0 Å². The molecule has 0 bridgehead atoms. The van der Waals surface area contributed by atoms with Gasteiger partial charge in [-0.05, 0) is 41.5 Å². The molecule has 5 nitrogen and oxygen atoms in total. The summed E-state index contributed by atoms with van der Waals surface area (Å²) >= 11 is 0. The maximum absolute atomic E-state index is 11.2. The minimum atomic E-state index is -0.507. The first-order chi connectivity index (χ1) is 13.3. The number of nitrogens with zero attached hydrogens (tertiary/aromatic N) is 1. The van der Waals surface area contributed by atoms with Crippen LogP contribution in [0.1, 0.15) is 43.1 Å². The van der Waals surface area contributed by atoms with E-state index in [4.69, 9.17) is 10.5 Å². The van der Waals surface area contributed by atoms with E-state index in [0.29, 0.717) is 16.9 Å². The lowest BCUT2D eigenvalue weighted by molar-refractivity contribution is 0.1000. The van der Waals surface area contributed by atoms with Crippen molar-refractivity contribution < 1.29 is 9.53 Å². The normalized spacial score (nSPS) is 11.5. The number of fused-ring (bicyclic) bond motifs is 1. The van der Waals surface area contributed by atoms with Gasteiger partial charge in [-0.15, -0.1) is 0 Å². The van der Waals surface area contributed by atoms with Gasteiger partial charge in [0, 0.05) is 24.2 Å². The molecule has 1 aromatic heterocycles. The van der Waals surface area contributed by atoms with Gasteiger partial charge in [0.05, 0.1) is 5.56 Å². The number of primary amides is 1. The van der Waals surface area contributed by atoms with Crippen LogP contribution in [0.25, 0.3) is 10.8 Å². The maximum atomic E-state index is 11.2. The summed E-state index contributed by atoms with van der Waals surface area (Å²) in [7, 11) is 0. The molecule has 146 valence electrons. The summed E-state index contributed by atoms with van der Waals surface area (Å²) in [4.78, 5) is 15.4. The fourth-order valence-electron chi connectivity index (χ4n) is 2.96. The molecule has 3 aromatic rings. The summed E-state index contributed by atoms with van der Waals surface area (Å²) in [5, 5.41) is 5.72. The Balaban J connectivity index is 1.78. The average Bonchev–Trinajstić information content (AvgIpc) is 2.66. The van der Waals surface area contributed by atoms with Gasteiger partial charge in [-0.2, -0.15) is 0 Å². The van der Waals surface area contributed by atoms with Crippen molar-refractivity contribution in [3.8, 4) is 11.6 Å². The second kappa shape index (κ2) is 8.40. The first kappa shape index (κ1) is 19.8. The number of pyridine rings is 1. The van der Waals surface area contributed by atoms with E-state index in [9.17, 15) is 4.79 Å². The highest BCUT2D eigenvalue weighted by molar-refractivity contribution is 5.92. The molecule has 1 amide bonds. The molecule has 0 aliphatic heterocycles. The number of ether oxygens (including phenoxy) is 1. The molecule has 0 fully saturated rings. The van der Waals surface area contributed by atoms with Crippen molar-refractivity contribution in [1.29, 1.82) is 0 Å². The molecule has 28 heavy (non-hydrogen) atoms. The summed E-state index contributed by atoms with van der Waals surface area (Å²) in [6, 6.07) is 15.5. The van der Waals surface area contributed by atoms with Crippen molar-refractivity contribution in [3.05, 3.63) is 65.9 Å². The summed E-state index contributed by atoms with van der Waals surface area (Å²) in [6.45, 7) is 8.54. The smallest absolute Gasteiger partial charge is 0.250 e. The zero-order valence-corrected chi connectivity index (χ0v) is 16.7. The predicted octanol–water partition coefficient (Wildman–Crippen LogP) is 4.65. The van der Waals surface area contributed by atoms with E-state index in [1.54, 1.807) is 12.1 Å². The molecule has 5 heteroatoms. The monoisotopic (exact) mass is 377 g/mol. The van der Waals surface area contributed by atoms with Crippen LogP contribution in [0.3, 0.4) is 0 Å². The number of hydrogen-bond donors (Lipinski definition) is 2. The lowest BCUT2D eigenvalue weighted by atomic mass is 9.92. The number of rotatable bonds is 7. The van der Waals surface area contributed by atoms with Gasteiger partial charge in [0.25, 0.3) is 0 Å². The Morgan fingerprint density at radius 1 is 1.07 bits per heavy atom. The van der Waals surface area contributed by atoms with Crippen molar-refractivity contribution in [1.82, 2.24) is 10.3 Å². The number of nitrogens with one attached hydrogen (secondary N) is 1. The molecule has 3 rings (SSSR count). The molecule has 0 saturated carbocycles. The van der Waals surface area contributed by atoms with Crippen LogP contribution in [0, 0.1) is 5.41 Å². The Kier molecular flexibility index (Phi) is 5.95. The Hall–Kier alpha value is -2.92. The highest BCUT2D eigenvalue weighted by Crippen LogP contribution is 2.31. The molecule has 2 aromatic carbocycles. The summed E-state index contributed by atoms with van der Waals surface area (Å²) in [5.74, 6) is 0.646. The van der Waals surface area contributed by atoms with Crippen LogP contribution < -0.4 is 15.8 Å². The number of nitrogens with two attached hydrogens (primary N) is 1.